The minimum Gasteiger partial charge on any atom is -0.339 e. The number of amides is 2. The van der Waals surface area contributed by atoms with E-state index in [0.717, 1.165) is 23.3 Å². The van der Waals surface area contributed by atoms with Crippen molar-refractivity contribution in [2.75, 3.05) is 26.2 Å². The van der Waals surface area contributed by atoms with Gasteiger partial charge in [0.1, 0.15) is 11.6 Å². The first-order valence-electron chi connectivity index (χ1n) is 8.51. The molecule has 1 aliphatic heterocycles. The Balaban J connectivity index is 1.57. The number of hydrogen-bond acceptors (Lipinski definition) is 2. The Labute approximate surface area is 151 Å². The Morgan fingerprint density at radius 1 is 0.923 bits per heavy atom. The van der Waals surface area contributed by atoms with Crippen molar-refractivity contribution in [1.29, 1.82) is 0 Å². The Kier molecular flexibility index (Phi) is 5.30. The number of carbonyl (C=O) groups excluding carboxylic acids is 2. The minimum atomic E-state index is -0.868. The fraction of sp³-hybridized carbons (Fsp3) is 0.300. The number of rotatable bonds is 3. The molecule has 0 spiro atoms. The van der Waals surface area contributed by atoms with E-state index in [1.807, 2.05) is 31.2 Å². The third-order valence-corrected chi connectivity index (χ3v) is 4.56. The van der Waals surface area contributed by atoms with Crippen molar-refractivity contribution in [2.24, 2.45) is 0 Å². The Morgan fingerprint density at radius 3 is 2.15 bits per heavy atom. The Morgan fingerprint density at radius 2 is 1.54 bits per heavy atom. The number of aryl methyl sites for hydroxylation is 1. The van der Waals surface area contributed by atoms with Crippen LogP contribution in [0.4, 0.5) is 8.78 Å². The van der Waals surface area contributed by atoms with Gasteiger partial charge in [-0.05, 0) is 24.6 Å². The van der Waals surface area contributed by atoms with Crippen molar-refractivity contribution in [3.05, 3.63) is 70.8 Å². The number of nitrogens with zero attached hydrogens (tertiary/aromatic N) is 2. The van der Waals surface area contributed by atoms with E-state index in [0.29, 0.717) is 38.7 Å². The average Bonchev–Trinajstić information content (AvgIpc) is 2.63. The molecule has 0 aromatic heterocycles. The maximum Gasteiger partial charge on any atom is 0.256 e. The highest BCUT2D eigenvalue weighted by Gasteiger charge is 2.26. The lowest BCUT2D eigenvalue weighted by atomic mass is 10.1. The van der Waals surface area contributed by atoms with Crippen LogP contribution in [0.3, 0.4) is 0 Å². The van der Waals surface area contributed by atoms with Crippen molar-refractivity contribution in [1.82, 2.24) is 9.80 Å². The van der Waals surface area contributed by atoms with E-state index in [2.05, 4.69) is 0 Å². The lowest BCUT2D eigenvalue weighted by Gasteiger charge is -2.35. The van der Waals surface area contributed by atoms with Crippen molar-refractivity contribution < 1.29 is 18.4 Å². The lowest BCUT2D eigenvalue weighted by Crippen LogP contribution is -2.51. The highest BCUT2D eigenvalue weighted by molar-refractivity contribution is 5.94. The van der Waals surface area contributed by atoms with Gasteiger partial charge in [0.25, 0.3) is 5.91 Å². The summed E-state index contributed by atoms with van der Waals surface area (Å²) in [6, 6.07) is 10.7. The fourth-order valence-electron chi connectivity index (χ4n) is 2.98. The molecule has 136 valence electrons. The highest BCUT2D eigenvalue weighted by atomic mass is 19.1. The summed E-state index contributed by atoms with van der Waals surface area (Å²) >= 11 is 0. The van der Waals surface area contributed by atoms with Gasteiger partial charge in [-0.1, -0.05) is 29.8 Å². The van der Waals surface area contributed by atoms with E-state index in [4.69, 9.17) is 0 Å². The molecule has 0 aliphatic carbocycles. The first-order chi connectivity index (χ1) is 12.4. The second kappa shape index (κ2) is 7.64. The van der Waals surface area contributed by atoms with Crippen LogP contribution in [0.5, 0.6) is 0 Å². The molecule has 2 aromatic carbocycles. The number of carbonyl (C=O) groups is 2. The quantitative estimate of drug-likeness (QED) is 0.847. The van der Waals surface area contributed by atoms with Gasteiger partial charge in [-0.2, -0.15) is 0 Å². The van der Waals surface area contributed by atoms with Crippen molar-refractivity contribution >= 4 is 11.8 Å². The predicted molar refractivity (Wildman–Crippen MR) is 93.7 cm³/mol. The number of piperazine rings is 1. The predicted octanol–water partition coefficient (Wildman–Crippen LogP) is 2.80. The molecular weight excluding hydrogens is 338 g/mol. The van der Waals surface area contributed by atoms with Crippen molar-refractivity contribution in [3.8, 4) is 0 Å². The first kappa shape index (κ1) is 18.0. The average molecular weight is 358 g/mol. The van der Waals surface area contributed by atoms with Gasteiger partial charge < -0.3 is 9.80 Å². The van der Waals surface area contributed by atoms with Gasteiger partial charge in [-0.3, -0.25) is 9.59 Å². The summed E-state index contributed by atoms with van der Waals surface area (Å²) in [7, 11) is 0. The Bertz CT molecular complexity index is 813. The largest absolute Gasteiger partial charge is 0.339 e. The third-order valence-electron chi connectivity index (χ3n) is 4.56. The van der Waals surface area contributed by atoms with Crippen LogP contribution >= 0.6 is 0 Å². The van der Waals surface area contributed by atoms with Crippen LogP contribution in [-0.4, -0.2) is 47.8 Å². The molecule has 1 heterocycles. The molecule has 0 atom stereocenters. The van der Waals surface area contributed by atoms with Gasteiger partial charge in [-0.15, -0.1) is 0 Å². The molecule has 0 saturated carbocycles. The van der Waals surface area contributed by atoms with Gasteiger partial charge in [-0.25, -0.2) is 8.78 Å². The first-order valence-corrected chi connectivity index (χ1v) is 8.51. The van der Waals surface area contributed by atoms with Crippen LogP contribution in [0.25, 0.3) is 0 Å². The maximum atomic E-state index is 13.8. The van der Waals surface area contributed by atoms with Gasteiger partial charge >= 0.3 is 0 Å². The summed E-state index contributed by atoms with van der Waals surface area (Å²) in [5.74, 6) is -2.06. The molecule has 3 rings (SSSR count). The lowest BCUT2D eigenvalue weighted by molar-refractivity contribution is -0.131. The van der Waals surface area contributed by atoms with E-state index >= 15 is 0 Å². The SMILES string of the molecule is Cc1ccc(CC(=O)N2CCN(C(=O)c3ccc(F)cc3F)CC2)cc1. The van der Waals surface area contributed by atoms with Gasteiger partial charge in [0, 0.05) is 32.2 Å². The van der Waals surface area contributed by atoms with Crippen molar-refractivity contribution in [3.63, 3.8) is 0 Å². The highest BCUT2D eigenvalue weighted by Crippen LogP contribution is 2.15. The summed E-state index contributed by atoms with van der Waals surface area (Å²) in [5.41, 5.74) is 1.94. The molecule has 1 aliphatic rings. The minimum absolute atomic E-state index is 0.00825. The summed E-state index contributed by atoms with van der Waals surface area (Å²) in [6.45, 7) is 3.45. The van der Waals surface area contributed by atoms with E-state index in [1.165, 1.54) is 4.90 Å². The summed E-state index contributed by atoms with van der Waals surface area (Å²) in [4.78, 5) is 28.0. The second-order valence-corrected chi connectivity index (χ2v) is 6.46. The van der Waals surface area contributed by atoms with E-state index < -0.39 is 17.5 Å². The monoisotopic (exact) mass is 358 g/mol. The molecular formula is C20H20F2N2O2. The summed E-state index contributed by atoms with van der Waals surface area (Å²) in [6.07, 6.45) is 0.320. The van der Waals surface area contributed by atoms with Crippen LogP contribution < -0.4 is 0 Å². The zero-order valence-corrected chi connectivity index (χ0v) is 14.5. The zero-order chi connectivity index (χ0) is 18.7. The second-order valence-electron chi connectivity index (χ2n) is 6.46. The van der Waals surface area contributed by atoms with Crippen LogP contribution in [0.15, 0.2) is 42.5 Å². The van der Waals surface area contributed by atoms with Crippen LogP contribution in [0.1, 0.15) is 21.5 Å². The molecule has 1 saturated heterocycles. The number of hydrogen-bond donors (Lipinski definition) is 0. The third kappa shape index (κ3) is 4.07. The van der Waals surface area contributed by atoms with Crippen LogP contribution in [-0.2, 0) is 11.2 Å². The molecule has 26 heavy (non-hydrogen) atoms. The van der Waals surface area contributed by atoms with Gasteiger partial charge in [0.05, 0.1) is 12.0 Å². The molecule has 2 amide bonds. The van der Waals surface area contributed by atoms with E-state index in [-0.39, 0.29) is 11.5 Å². The molecule has 6 heteroatoms. The number of halogens is 2. The standard InChI is InChI=1S/C20H20F2N2O2/c1-14-2-4-15(5-3-14)12-19(25)23-8-10-24(11-9-23)20(26)17-7-6-16(21)13-18(17)22/h2-7,13H,8-12H2,1H3. The number of benzene rings is 2. The van der Waals surface area contributed by atoms with Crippen LogP contribution in [0, 0.1) is 18.6 Å². The maximum absolute atomic E-state index is 13.8. The summed E-state index contributed by atoms with van der Waals surface area (Å²) < 4.78 is 26.8. The fourth-order valence-corrected chi connectivity index (χ4v) is 2.98. The molecule has 1 fully saturated rings. The molecule has 2 aromatic rings. The van der Waals surface area contributed by atoms with E-state index in [1.54, 1.807) is 4.90 Å². The smallest absolute Gasteiger partial charge is 0.256 e. The van der Waals surface area contributed by atoms with Crippen molar-refractivity contribution in [2.45, 2.75) is 13.3 Å². The van der Waals surface area contributed by atoms with Crippen LogP contribution in [0.2, 0.25) is 0 Å². The Hall–Kier alpha value is -2.76. The molecule has 0 radical (unpaired) electrons. The molecule has 4 nitrogen and oxygen atoms in total. The molecule has 0 bridgehead atoms. The molecule has 0 N–H and O–H groups in total. The topological polar surface area (TPSA) is 40.6 Å². The zero-order valence-electron chi connectivity index (χ0n) is 14.5. The van der Waals surface area contributed by atoms with E-state index in [9.17, 15) is 18.4 Å². The summed E-state index contributed by atoms with van der Waals surface area (Å²) in [5, 5.41) is 0. The normalized spacial score (nSPS) is 14.4. The molecule has 0 unspecified atom stereocenters. The van der Waals surface area contributed by atoms with Gasteiger partial charge in [0.15, 0.2) is 0 Å². The van der Waals surface area contributed by atoms with Gasteiger partial charge in [0.2, 0.25) is 5.91 Å².